The zero-order chi connectivity index (χ0) is 21.4. The van der Waals surface area contributed by atoms with Gasteiger partial charge in [-0.15, -0.1) is 0 Å². The fourth-order valence-electron chi connectivity index (χ4n) is 2.13. The van der Waals surface area contributed by atoms with E-state index in [1.54, 1.807) is 0 Å². The van der Waals surface area contributed by atoms with Crippen molar-refractivity contribution in [3.05, 3.63) is 33.4 Å². The van der Waals surface area contributed by atoms with Gasteiger partial charge in [0.2, 0.25) is 0 Å². The normalized spacial score (nSPS) is 13.5. The van der Waals surface area contributed by atoms with Crippen LogP contribution in [0.5, 0.6) is 0 Å². The van der Waals surface area contributed by atoms with Crippen LogP contribution in [0.15, 0.2) is 22.2 Å². The molecule has 0 saturated carbocycles. The van der Waals surface area contributed by atoms with E-state index in [1.165, 1.54) is 6.26 Å². The predicted octanol–water partition coefficient (Wildman–Crippen LogP) is 2.70. The van der Waals surface area contributed by atoms with Gasteiger partial charge in [-0.3, -0.25) is 4.21 Å². The zero-order valence-electron chi connectivity index (χ0n) is 14.2. The van der Waals surface area contributed by atoms with Gasteiger partial charge in [0.25, 0.3) is 0 Å². The van der Waals surface area contributed by atoms with Crippen LogP contribution in [0.25, 0.3) is 5.69 Å². The molecule has 1 aromatic carbocycles. The highest BCUT2D eigenvalue weighted by Gasteiger charge is 2.33. The first-order valence-electron chi connectivity index (χ1n) is 7.14. The van der Waals surface area contributed by atoms with Gasteiger partial charge >= 0.3 is 12.1 Å². The number of hydrogen-bond donors (Lipinski definition) is 2. The molecule has 0 spiro atoms. The minimum Gasteiger partial charge on any atom is -0.383 e. The largest absolute Gasteiger partial charge is 0.416 e. The quantitative estimate of drug-likeness (QED) is 0.314. The summed E-state index contributed by atoms with van der Waals surface area (Å²) in [4.78, 5) is 15.2. The maximum Gasteiger partial charge on any atom is 0.416 e. The first kappa shape index (κ1) is 22.0. The molecule has 14 heteroatoms. The molecule has 1 heterocycles. The highest BCUT2D eigenvalue weighted by molar-refractivity contribution is 7.84. The Labute approximate surface area is 168 Å². The molecule has 2 aromatic rings. The van der Waals surface area contributed by atoms with E-state index >= 15 is 0 Å². The molecule has 0 aliphatic rings. The number of carbonyl (C=O) groups is 1. The SMILES string of the molecule is CC(=O)ON=C(N)c1nn(-c2c(Cl)cc(C(F)(F)F)cc2Cl)c(N)c1S(C)=O. The third-order valence-corrected chi connectivity index (χ3v) is 4.79. The van der Waals surface area contributed by atoms with Crippen molar-refractivity contribution in [2.45, 2.75) is 18.0 Å². The lowest BCUT2D eigenvalue weighted by Crippen LogP contribution is -2.18. The summed E-state index contributed by atoms with van der Waals surface area (Å²) in [6, 6.07) is 1.28. The van der Waals surface area contributed by atoms with Crippen LogP contribution in [-0.4, -0.2) is 32.1 Å². The van der Waals surface area contributed by atoms with E-state index in [1.807, 2.05) is 0 Å². The van der Waals surface area contributed by atoms with Gasteiger partial charge in [-0.05, 0) is 12.1 Å². The Morgan fingerprint density at radius 1 is 1.32 bits per heavy atom. The first-order chi connectivity index (χ1) is 12.8. The maximum absolute atomic E-state index is 12.9. The predicted molar refractivity (Wildman–Crippen MR) is 97.8 cm³/mol. The molecule has 0 amide bonds. The fourth-order valence-corrected chi connectivity index (χ4v) is 3.57. The third kappa shape index (κ3) is 4.39. The summed E-state index contributed by atoms with van der Waals surface area (Å²) in [5, 5.41) is 6.51. The molecular formula is C14H12Cl2F3N5O3S. The summed E-state index contributed by atoms with van der Waals surface area (Å²) in [7, 11) is -1.75. The Balaban J connectivity index is 2.72. The molecule has 0 radical (unpaired) electrons. The molecule has 4 N–H and O–H groups in total. The number of rotatable bonds is 4. The molecule has 0 bridgehead atoms. The lowest BCUT2D eigenvalue weighted by atomic mass is 10.2. The molecular weight excluding hydrogens is 446 g/mol. The summed E-state index contributed by atoms with van der Waals surface area (Å²) < 4.78 is 51.7. The topological polar surface area (TPSA) is 126 Å². The molecule has 0 aliphatic carbocycles. The van der Waals surface area contributed by atoms with E-state index < -0.39 is 44.4 Å². The lowest BCUT2D eigenvalue weighted by Gasteiger charge is -2.13. The van der Waals surface area contributed by atoms with Crippen LogP contribution in [-0.2, 0) is 26.6 Å². The van der Waals surface area contributed by atoms with Gasteiger partial charge in [0.15, 0.2) is 5.84 Å². The number of nitrogens with two attached hydrogens (primary N) is 2. The smallest absolute Gasteiger partial charge is 0.383 e. The monoisotopic (exact) mass is 457 g/mol. The molecule has 1 unspecified atom stereocenters. The Bertz CT molecular complexity index is 984. The molecule has 28 heavy (non-hydrogen) atoms. The van der Waals surface area contributed by atoms with Gasteiger partial charge < -0.3 is 16.3 Å². The van der Waals surface area contributed by atoms with Crippen molar-refractivity contribution in [2.24, 2.45) is 10.9 Å². The number of anilines is 1. The van der Waals surface area contributed by atoms with Crippen LogP contribution in [0.3, 0.4) is 0 Å². The summed E-state index contributed by atoms with van der Waals surface area (Å²) in [6.07, 6.45) is -3.42. The first-order valence-corrected chi connectivity index (χ1v) is 9.46. The van der Waals surface area contributed by atoms with Crippen molar-refractivity contribution in [3.8, 4) is 5.69 Å². The van der Waals surface area contributed by atoms with E-state index in [2.05, 4.69) is 15.1 Å². The summed E-state index contributed by atoms with van der Waals surface area (Å²) >= 11 is 11.9. The highest BCUT2D eigenvalue weighted by atomic mass is 35.5. The number of nitrogens with zero attached hydrogens (tertiary/aromatic N) is 3. The number of hydrogen-bond acceptors (Lipinski definition) is 6. The maximum atomic E-state index is 12.9. The van der Waals surface area contributed by atoms with Crippen molar-refractivity contribution in [1.82, 2.24) is 9.78 Å². The average molecular weight is 458 g/mol. The lowest BCUT2D eigenvalue weighted by molar-refractivity contribution is -0.141. The number of amidine groups is 1. The Morgan fingerprint density at radius 2 is 1.86 bits per heavy atom. The molecule has 1 atom stereocenters. The number of halogens is 5. The molecule has 2 rings (SSSR count). The average Bonchev–Trinajstić information content (AvgIpc) is 2.88. The van der Waals surface area contributed by atoms with Crippen LogP contribution in [0, 0.1) is 0 Å². The molecule has 0 aliphatic heterocycles. The number of nitrogen functional groups attached to an aromatic ring is 1. The van der Waals surface area contributed by atoms with Crippen LogP contribution in [0.4, 0.5) is 19.0 Å². The number of alkyl halides is 3. The van der Waals surface area contributed by atoms with Crippen molar-refractivity contribution in [2.75, 3.05) is 12.0 Å². The van der Waals surface area contributed by atoms with E-state index in [9.17, 15) is 22.2 Å². The number of aromatic nitrogens is 2. The standard InChI is InChI=1S/C14H12Cl2F3N5O3S/c1-5(25)27-23-12(20)9-11(28(2)26)13(21)24(22-9)10-7(15)3-6(4-8(10)16)14(17,18)19/h3-4H,21H2,1-2H3,(H2,20,23). The van der Waals surface area contributed by atoms with E-state index in [-0.39, 0.29) is 22.1 Å². The molecule has 1 aromatic heterocycles. The van der Waals surface area contributed by atoms with Crippen LogP contribution < -0.4 is 11.5 Å². The van der Waals surface area contributed by atoms with Crippen molar-refractivity contribution < 1.29 is 27.0 Å². The van der Waals surface area contributed by atoms with E-state index in [4.69, 9.17) is 34.7 Å². The van der Waals surface area contributed by atoms with Crippen molar-refractivity contribution in [1.29, 1.82) is 0 Å². The van der Waals surface area contributed by atoms with Gasteiger partial charge in [0.1, 0.15) is 22.1 Å². The third-order valence-electron chi connectivity index (χ3n) is 3.23. The van der Waals surface area contributed by atoms with Gasteiger partial charge in [0.05, 0.1) is 26.4 Å². The fraction of sp³-hybridized carbons (Fsp3) is 0.214. The molecule has 8 nitrogen and oxygen atoms in total. The summed E-state index contributed by atoms with van der Waals surface area (Å²) in [5.41, 5.74) is 10.2. The van der Waals surface area contributed by atoms with Gasteiger partial charge in [-0.2, -0.15) is 18.3 Å². The highest BCUT2D eigenvalue weighted by Crippen LogP contribution is 2.39. The second-order valence-electron chi connectivity index (χ2n) is 5.27. The minimum atomic E-state index is -4.68. The summed E-state index contributed by atoms with van der Waals surface area (Å²) in [6.45, 7) is 1.07. The molecule has 0 saturated heterocycles. The second-order valence-corrected chi connectivity index (χ2v) is 7.41. The molecule has 0 fully saturated rings. The van der Waals surface area contributed by atoms with Gasteiger partial charge in [0, 0.05) is 13.2 Å². The van der Waals surface area contributed by atoms with Crippen LogP contribution in [0.1, 0.15) is 18.2 Å². The minimum absolute atomic E-state index is 0.0968. The summed E-state index contributed by atoms with van der Waals surface area (Å²) in [5.74, 6) is -1.46. The van der Waals surface area contributed by atoms with Crippen molar-refractivity contribution in [3.63, 3.8) is 0 Å². The number of carbonyl (C=O) groups excluding carboxylic acids is 1. The number of oxime groups is 1. The Hall–Kier alpha value is -2.31. The second kappa shape index (κ2) is 7.97. The van der Waals surface area contributed by atoms with Crippen LogP contribution >= 0.6 is 23.2 Å². The van der Waals surface area contributed by atoms with Gasteiger partial charge in [-0.1, -0.05) is 28.4 Å². The number of benzene rings is 1. The van der Waals surface area contributed by atoms with E-state index in [0.717, 1.165) is 11.6 Å². The van der Waals surface area contributed by atoms with E-state index in [0.29, 0.717) is 12.1 Å². The van der Waals surface area contributed by atoms with Crippen molar-refractivity contribution >= 4 is 51.6 Å². The Kier molecular flexibility index (Phi) is 6.26. The molecule has 152 valence electrons. The van der Waals surface area contributed by atoms with Crippen LogP contribution in [0.2, 0.25) is 10.0 Å². The Morgan fingerprint density at radius 3 is 2.29 bits per heavy atom. The van der Waals surface area contributed by atoms with Gasteiger partial charge in [-0.25, -0.2) is 9.48 Å². The zero-order valence-corrected chi connectivity index (χ0v) is 16.5.